The number of benzene rings is 1. The quantitative estimate of drug-likeness (QED) is 0.775. The number of aliphatic hydroxyl groups excluding tert-OH is 1. The van der Waals surface area contributed by atoms with E-state index in [-0.39, 0.29) is 12.6 Å². The van der Waals surface area contributed by atoms with Crippen LogP contribution >= 0.6 is 15.9 Å². The Morgan fingerprint density at radius 2 is 2.19 bits per heavy atom. The molecule has 0 saturated heterocycles. The fourth-order valence-corrected chi connectivity index (χ4v) is 1.74. The molecule has 2 atom stereocenters. The first-order valence-electron chi connectivity index (χ1n) is 5.27. The van der Waals surface area contributed by atoms with Crippen molar-refractivity contribution in [2.45, 2.75) is 25.5 Å². The zero-order chi connectivity index (χ0) is 12.2. The van der Waals surface area contributed by atoms with Crippen molar-refractivity contribution in [1.29, 1.82) is 0 Å². The molecule has 0 aromatic heterocycles. The van der Waals surface area contributed by atoms with Gasteiger partial charge in [-0.25, -0.2) is 0 Å². The van der Waals surface area contributed by atoms with E-state index < -0.39 is 5.60 Å². The Kier molecular flexibility index (Phi) is 4.92. The van der Waals surface area contributed by atoms with Crippen LogP contribution in [0.15, 0.2) is 28.7 Å². The SMILES string of the molecule is CC(NCC(C)(O)CO)c1cccc(Br)c1. The third kappa shape index (κ3) is 4.22. The smallest absolute Gasteiger partial charge is 0.0973 e. The maximum absolute atomic E-state index is 9.65. The van der Waals surface area contributed by atoms with Crippen molar-refractivity contribution >= 4 is 15.9 Å². The summed E-state index contributed by atoms with van der Waals surface area (Å²) in [5.74, 6) is 0. The lowest BCUT2D eigenvalue weighted by molar-refractivity contribution is 0.00106. The summed E-state index contributed by atoms with van der Waals surface area (Å²) in [6.07, 6.45) is 0. The Morgan fingerprint density at radius 1 is 1.50 bits per heavy atom. The van der Waals surface area contributed by atoms with Crippen molar-refractivity contribution in [3.63, 3.8) is 0 Å². The number of aliphatic hydroxyl groups is 2. The summed E-state index contributed by atoms with van der Waals surface area (Å²) in [4.78, 5) is 0. The predicted octanol–water partition coefficient (Wildman–Crippen LogP) is 1.84. The lowest BCUT2D eigenvalue weighted by Crippen LogP contribution is -2.41. The normalized spacial score (nSPS) is 16.8. The van der Waals surface area contributed by atoms with Crippen molar-refractivity contribution in [1.82, 2.24) is 5.32 Å². The second-order valence-electron chi connectivity index (χ2n) is 4.31. The van der Waals surface area contributed by atoms with E-state index in [9.17, 15) is 5.11 Å². The Morgan fingerprint density at radius 3 is 2.75 bits per heavy atom. The molecule has 3 nitrogen and oxygen atoms in total. The summed E-state index contributed by atoms with van der Waals surface area (Å²) in [6, 6.07) is 8.14. The number of nitrogens with one attached hydrogen (secondary N) is 1. The van der Waals surface area contributed by atoms with Crippen LogP contribution in [0.2, 0.25) is 0 Å². The third-order valence-corrected chi connectivity index (χ3v) is 2.97. The minimum Gasteiger partial charge on any atom is -0.393 e. The largest absolute Gasteiger partial charge is 0.393 e. The van der Waals surface area contributed by atoms with Gasteiger partial charge >= 0.3 is 0 Å². The Hall–Kier alpha value is -0.420. The van der Waals surface area contributed by atoms with Crippen molar-refractivity contribution in [2.75, 3.05) is 13.2 Å². The summed E-state index contributed by atoms with van der Waals surface area (Å²) in [7, 11) is 0. The van der Waals surface area contributed by atoms with Crippen LogP contribution in [0.25, 0.3) is 0 Å². The zero-order valence-corrected chi connectivity index (χ0v) is 11.2. The van der Waals surface area contributed by atoms with Gasteiger partial charge in [-0.15, -0.1) is 0 Å². The fraction of sp³-hybridized carbons (Fsp3) is 0.500. The number of rotatable bonds is 5. The van der Waals surface area contributed by atoms with Crippen LogP contribution in [0, 0.1) is 0 Å². The lowest BCUT2D eigenvalue weighted by atomic mass is 10.1. The molecule has 1 rings (SSSR count). The zero-order valence-electron chi connectivity index (χ0n) is 9.57. The first-order chi connectivity index (χ1) is 7.44. The van der Waals surface area contributed by atoms with Gasteiger partial charge in [0.2, 0.25) is 0 Å². The molecule has 0 bridgehead atoms. The summed E-state index contributed by atoms with van der Waals surface area (Å²) in [6.45, 7) is 3.74. The highest BCUT2D eigenvalue weighted by molar-refractivity contribution is 9.10. The molecule has 3 N–H and O–H groups in total. The topological polar surface area (TPSA) is 52.5 Å². The lowest BCUT2D eigenvalue weighted by Gasteiger charge is -2.24. The molecule has 0 aliphatic heterocycles. The average Bonchev–Trinajstić information content (AvgIpc) is 2.26. The van der Waals surface area contributed by atoms with Crippen molar-refractivity contribution in [2.24, 2.45) is 0 Å². The second-order valence-corrected chi connectivity index (χ2v) is 5.23. The molecule has 90 valence electrons. The predicted molar refractivity (Wildman–Crippen MR) is 68.3 cm³/mol. The van der Waals surface area contributed by atoms with Gasteiger partial charge in [0.05, 0.1) is 12.2 Å². The highest BCUT2D eigenvalue weighted by atomic mass is 79.9. The van der Waals surface area contributed by atoms with E-state index in [1.165, 1.54) is 0 Å². The number of hydrogen-bond donors (Lipinski definition) is 3. The maximum Gasteiger partial charge on any atom is 0.0973 e. The monoisotopic (exact) mass is 287 g/mol. The van der Waals surface area contributed by atoms with Crippen molar-refractivity contribution < 1.29 is 10.2 Å². The van der Waals surface area contributed by atoms with Gasteiger partial charge in [0.1, 0.15) is 0 Å². The van der Waals surface area contributed by atoms with Gasteiger partial charge in [-0.1, -0.05) is 28.1 Å². The molecule has 4 heteroatoms. The van der Waals surface area contributed by atoms with Gasteiger partial charge in [-0.2, -0.15) is 0 Å². The van der Waals surface area contributed by atoms with Crippen LogP contribution in [0.5, 0.6) is 0 Å². The van der Waals surface area contributed by atoms with E-state index in [1.54, 1.807) is 6.92 Å². The summed E-state index contributed by atoms with van der Waals surface area (Å²) in [5, 5.41) is 21.8. The van der Waals surface area contributed by atoms with E-state index in [0.717, 1.165) is 10.0 Å². The minimum absolute atomic E-state index is 0.135. The van der Waals surface area contributed by atoms with Gasteiger partial charge in [-0.05, 0) is 31.5 Å². The van der Waals surface area contributed by atoms with Gasteiger partial charge < -0.3 is 15.5 Å². The molecule has 0 aliphatic carbocycles. The first-order valence-corrected chi connectivity index (χ1v) is 6.06. The van der Waals surface area contributed by atoms with Crippen LogP contribution in [-0.2, 0) is 0 Å². The Balaban J connectivity index is 2.56. The molecule has 0 aliphatic rings. The van der Waals surface area contributed by atoms with Gasteiger partial charge in [0.15, 0.2) is 0 Å². The molecular weight excluding hydrogens is 270 g/mol. The van der Waals surface area contributed by atoms with E-state index in [2.05, 4.69) is 21.2 Å². The molecule has 1 aromatic carbocycles. The fourth-order valence-electron chi connectivity index (χ4n) is 1.32. The highest BCUT2D eigenvalue weighted by Gasteiger charge is 2.19. The van der Waals surface area contributed by atoms with Crippen LogP contribution < -0.4 is 5.32 Å². The molecule has 0 radical (unpaired) electrons. The van der Waals surface area contributed by atoms with Crippen LogP contribution in [0.3, 0.4) is 0 Å². The molecule has 1 aromatic rings. The van der Waals surface area contributed by atoms with Crippen LogP contribution in [0.1, 0.15) is 25.5 Å². The Labute approximate surface area is 105 Å². The number of halogens is 1. The molecule has 0 amide bonds. The van der Waals surface area contributed by atoms with Crippen molar-refractivity contribution in [3.8, 4) is 0 Å². The summed E-state index contributed by atoms with van der Waals surface area (Å²) in [5.41, 5.74) is 0.0726. The molecule has 0 heterocycles. The highest BCUT2D eigenvalue weighted by Crippen LogP contribution is 2.18. The molecular formula is C12H18BrNO2. The summed E-state index contributed by atoms with van der Waals surface area (Å²) < 4.78 is 1.03. The van der Waals surface area contributed by atoms with Crippen LogP contribution in [-0.4, -0.2) is 29.0 Å². The minimum atomic E-state index is -1.07. The maximum atomic E-state index is 9.65. The van der Waals surface area contributed by atoms with Gasteiger partial charge in [-0.3, -0.25) is 0 Å². The Bertz CT molecular complexity index is 342. The molecule has 2 unspecified atom stereocenters. The molecule has 16 heavy (non-hydrogen) atoms. The van der Waals surface area contributed by atoms with Gasteiger partial charge in [0, 0.05) is 17.1 Å². The van der Waals surface area contributed by atoms with E-state index >= 15 is 0 Å². The second kappa shape index (κ2) is 5.77. The number of hydrogen-bond acceptors (Lipinski definition) is 3. The van der Waals surface area contributed by atoms with E-state index in [1.807, 2.05) is 31.2 Å². The van der Waals surface area contributed by atoms with E-state index in [4.69, 9.17) is 5.11 Å². The molecule has 0 saturated carbocycles. The molecule has 0 spiro atoms. The first kappa shape index (κ1) is 13.6. The van der Waals surface area contributed by atoms with Crippen molar-refractivity contribution in [3.05, 3.63) is 34.3 Å². The van der Waals surface area contributed by atoms with Gasteiger partial charge in [0.25, 0.3) is 0 Å². The third-order valence-electron chi connectivity index (χ3n) is 2.48. The standard InChI is InChI=1S/C12H18BrNO2/c1-9(14-7-12(2,16)8-15)10-4-3-5-11(13)6-10/h3-6,9,14-16H,7-8H2,1-2H3. The van der Waals surface area contributed by atoms with E-state index in [0.29, 0.717) is 6.54 Å². The molecule has 0 fully saturated rings. The average molecular weight is 288 g/mol. The summed E-state index contributed by atoms with van der Waals surface area (Å²) >= 11 is 3.42. The van der Waals surface area contributed by atoms with Crippen LogP contribution in [0.4, 0.5) is 0 Å².